The minimum absolute atomic E-state index is 0.333. The molecule has 1 atom stereocenters. The van der Waals surface area contributed by atoms with E-state index >= 15 is 0 Å². The number of hydrogen-bond acceptors (Lipinski definition) is 6. The number of hydrogen-bond donors (Lipinski definition) is 0. The number of thioether (sulfide) groups is 1. The molecule has 0 radical (unpaired) electrons. The predicted octanol–water partition coefficient (Wildman–Crippen LogP) is 1.47. The van der Waals surface area contributed by atoms with E-state index in [1.807, 2.05) is 12.1 Å². The Kier molecular flexibility index (Phi) is 4.85. The average Bonchev–Trinajstić information content (AvgIpc) is 2.75. The molecule has 0 bridgehead atoms. The standard InChI is InChI=1S/C14H15NO5S/c1-19-10-5-3-9(4-6-10)7-11-13(17)15(14(18)21-11)8-12(16)20-2/h3-6,11H,7-8H2,1-2H3. The van der Waals surface area contributed by atoms with Crippen molar-refractivity contribution in [1.29, 1.82) is 0 Å². The van der Waals surface area contributed by atoms with E-state index in [1.54, 1.807) is 19.2 Å². The van der Waals surface area contributed by atoms with Crippen molar-refractivity contribution in [3.05, 3.63) is 29.8 Å². The normalized spacial score (nSPS) is 18.0. The zero-order valence-electron chi connectivity index (χ0n) is 11.7. The summed E-state index contributed by atoms with van der Waals surface area (Å²) in [7, 11) is 2.80. The maximum Gasteiger partial charge on any atom is 0.325 e. The molecule has 112 valence electrons. The number of esters is 1. The van der Waals surface area contributed by atoms with Crippen molar-refractivity contribution < 1.29 is 23.9 Å². The van der Waals surface area contributed by atoms with Crippen molar-refractivity contribution in [3.8, 4) is 5.75 Å². The molecule has 1 aromatic carbocycles. The summed E-state index contributed by atoms with van der Waals surface area (Å²) in [5.41, 5.74) is 0.925. The van der Waals surface area contributed by atoms with Crippen LogP contribution in [-0.2, 0) is 20.7 Å². The maximum absolute atomic E-state index is 12.1. The summed E-state index contributed by atoms with van der Waals surface area (Å²) < 4.78 is 9.54. The Labute approximate surface area is 126 Å². The summed E-state index contributed by atoms with van der Waals surface area (Å²) in [6.45, 7) is -0.333. The molecule has 0 aliphatic carbocycles. The highest BCUT2D eigenvalue weighted by molar-refractivity contribution is 8.15. The zero-order valence-corrected chi connectivity index (χ0v) is 12.5. The highest BCUT2D eigenvalue weighted by Crippen LogP contribution is 2.29. The second-order valence-electron chi connectivity index (χ2n) is 4.43. The third-order valence-corrected chi connectivity index (χ3v) is 4.17. The van der Waals surface area contributed by atoms with Crippen LogP contribution >= 0.6 is 11.8 Å². The number of carbonyl (C=O) groups excluding carboxylic acids is 3. The lowest BCUT2D eigenvalue weighted by atomic mass is 10.1. The summed E-state index contributed by atoms with van der Waals surface area (Å²) in [6.07, 6.45) is 0.427. The fourth-order valence-electron chi connectivity index (χ4n) is 1.94. The van der Waals surface area contributed by atoms with Gasteiger partial charge in [-0.1, -0.05) is 23.9 Å². The fraction of sp³-hybridized carbons (Fsp3) is 0.357. The number of carbonyl (C=O) groups is 3. The van der Waals surface area contributed by atoms with Gasteiger partial charge in [-0.05, 0) is 24.1 Å². The van der Waals surface area contributed by atoms with Gasteiger partial charge in [0.05, 0.1) is 19.5 Å². The summed E-state index contributed by atoms with van der Waals surface area (Å²) in [4.78, 5) is 36.1. The molecule has 0 spiro atoms. The van der Waals surface area contributed by atoms with Gasteiger partial charge in [0.1, 0.15) is 12.3 Å². The largest absolute Gasteiger partial charge is 0.497 e. The minimum Gasteiger partial charge on any atom is -0.497 e. The molecule has 1 heterocycles. The van der Waals surface area contributed by atoms with E-state index in [9.17, 15) is 14.4 Å². The van der Waals surface area contributed by atoms with Gasteiger partial charge >= 0.3 is 5.97 Å². The van der Waals surface area contributed by atoms with Gasteiger partial charge in [0.2, 0.25) is 5.91 Å². The van der Waals surface area contributed by atoms with Crippen LogP contribution in [0, 0.1) is 0 Å². The second kappa shape index (κ2) is 6.62. The monoisotopic (exact) mass is 309 g/mol. The first kappa shape index (κ1) is 15.4. The van der Waals surface area contributed by atoms with E-state index in [2.05, 4.69) is 4.74 Å². The van der Waals surface area contributed by atoms with Crippen LogP contribution in [0.15, 0.2) is 24.3 Å². The Bertz CT molecular complexity index is 557. The zero-order chi connectivity index (χ0) is 15.4. The molecule has 1 fully saturated rings. The van der Waals surface area contributed by atoms with Gasteiger partial charge in [-0.2, -0.15) is 0 Å². The van der Waals surface area contributed by atoms with E-state index < -0.39 is 16.5 Å². The van der Waals surface area contributed by atoms with Crippen LogP contribution in [0.3, 0.4) is 0 Å². The Morgan fingerprint density at radius 2 is 1.90 bits per heavy atom. The molecule has 7 heteroatoms. The smallest absolute Gasteiger partial charge is 0.325 e. The first-order valence-corrected chi connectivity index (χ1v) is 7.15. The quantitative estimate of drug-likeness (QED) is 0.767. The predicted molar refractivity (Wildman–Crippen MR) is 77.2 cm³/mol. The number of nitrogens with zero attached hydrogens (tertiary/aromatic N) is 1. The van der Waals surface area contributed by atoms with Gasteiger partial charge in [-0.3, -0.25) is 19.3 Å². The number of benzene rings is 1. The Morgan fingerprint density at radius 3 is 2.48 bits per heavy atom. The summed E-state index contributed by atoms with van der Waals surface area (Å²) in [5, 5.41) is -0.917. The maximum atomic E-state index is 12.1. The molecule has 0 N–H and O–H groups in total. The summed E-state index contributed by atoms with van der Waals surface area (Å²) >= 11 is 0.937. The van der Waals surface area contributed by atoms with Crippen molar-refractivity contribution in [1.82, 2.24) is 4.90 Å². The van der Waals surface area contributed by atoms with Crippen LogP contribution in [0.2, 0.25) is 0 Å². The summed E-state index contributed by atoms with van der Waals surface area (Å²) in [6, 6.07) is 7.29. The first-order chi connectivity index (χ1) is 10.0. The van der Waals surface area contributed by atoms with E-state index in [0.29, 0.717) is 6.42 Å². The van der Waals surface area contributed by atoms with Gasteiger partial charge in [0.25, 0.3) is 5.24 Å². The number of amides is 2. The molecule has 0 aromatic heterocycles. The highest BCUT2D eigenvalue weighted by Gasteiger charge is 2.40. The number of imide groups is 1. The van der Waals surface area contributed by atoms with Crippen molar-refractivity contribution in [2.45, 2.75) is 11.7 Å². The molecule has 21 heavy (non-hydrogen) atoms. The Morgan fingerprint density at radius 1 is 1.24 bits per heavy atom. The van der Waals surface area contributed by atoms with Crippen LogP contribution in [-0.4, -0.2) is 48.0 Å². The first-order valence-electron chi connectivity index (χ1n) is 6.27. The highest BCUT2D eigenvalue weighted by atomic mass is 32.2. The lowest BCUT2D eigenvalue weighted by molar-refractivity contribution is -0.144. The lowest BCUT2D eigenvalue weighted by Crippen LogP contribution is -2.36. The number of methoxy groups -OCH3 is 2. The lowest BCUT2D eigenvalue weighted by Gasteiger charge is -2.12. The van der Waals surface area contributed by atoms with Crippen molar-refractivity contribution in [2.75, 3.05) is 20.8 Å². The molecule has 1 saturated heterocycles. The molecule has 0 saturated carbocycles. The van der Waals surface area contributed by atoms with E-state index in [0.717, 1.165) is 28.0 Å². The molecular formula is C14H15NO5S. The summed E-state index contributed by atoms with van der Waals surface area (Å²) in [5.74, 6) is -0.235. The van der Waals surface area contributed by atoms with Crippen molar-refractivity contribution in [2.24, 2.45) is 0 Å². The van der Waals surface area contributed by atoms with Gasteiger partial charge < -0.3 is 9.47 Å². The van der Waals surface area contributed by atoms with Crippen LogP contribution in [0.1, 0.15) is 5.56 Å². The van der Waals surface area contributed by atoms with Crippen LogP contribution in [0.4, 0.5) is 4.79 Å². The van der Waals surface area contributed by atoms with Crippen molar-refractivity contribution >= 4 is 28.9 Å². The van der Waals surface area contributed by atoms with Gasteiger partial charge in [0, 0.05) is 0 Å². The van der Waals surface area contributed by atoms with Crippen LogP contribution in [0.25, 0.3) is 0 Å². The van der Waals surface area contributed by atoms with Gasteiger partial charge in [-0.25, -0.2) is 0 Å². The van der Waals surface area contributed by atoms with Crippen LogP contribution in [0.5, 0.6) is 5.75 Å². The number of rotatable bonds is 5. The molecule has 1 aliphatic heterocycles. The third-order valence-electron chi connectivity index (χ3n) is 3.10. The van der Waals surface area contributed by atoms with Crippen molar-refractivity contribution in [3.63, 3.8) is 0 Å². The fourth-order valence-corrected chi connectivity index (χ4v) is 2.97. The third kappa shape index (κ3) is 3.55. The minimum atomic E-state index is -0.609. The van der Waals surface area contributed by atoms with E-state index in [1.165, 1.54) is 7.11 Å². The average molecular weight is 309 g/mol. The number of ether oxygens (including phenoxy) is 2. The van der Waals surface area contributed by atoms with Crippen LogP contribution < -0.4 is 4.74 Å². The van der Waals surface area contributed by atoms with Gasteiger partial charge in [0.15, 0.2) is 0 Å². The molecule has 1 unspecified atom stereocenters. The Hall–Kier alpha value is -2.02. The molecule has 1 aliphatic rings. The molecule has 2 rings (SSSR count). The second-order valence-corrected chi connectivity index (χ2v) is 5.58. The van der Waals surface area contributed by atoms with E-state index in [4.69, 9.17) is 4.74 Å². The topological polar surface area (TPSA) is 72.9 Å². The van der Waals surface area contributed by atoms with E-state index in [-0.39, 0.29) is 12.5 Å². The Balaban J connectivity index is 2.02. The SMILES string of the molecule is COC(=O)CN1C(=O)SC(Cc2ccc(OC)cc2)C1=O. The molecular weight excluding hydrogens is 294 g/mol. The van der Waals surface area contributed by atoms with Gasteiger partial charge in [-0.15, -0.1) is 0 Å². The molecule has 2 amide bonds. The molecule has 1 aromatic rings. The molecule has 6 nitrogen and oxygen atoms in total.